The van der Waals surface area contributed by atoms with Crippen molar-refractivity contribution in [2.45, 2.75) is 18.5 Å². The van der Waals surface area contributed by atoms with Crippen molar-refractivity contribution in [3.05, 3.63) is 197 Å². The first-order valence-corrected chi connectivity index (χ1v) is 20.6. The standard InChI is InChI=1S/C51H39N5S/c1-53-27-13-16-35(31-53)34-25-26-46-41(29-34)48-50(57-46)52-49(39-21-12-24-44-47(39)38-20-9-11-23-43(38)55(44)36-17-4-3-5-18-36)54(2)51(48)56-42-22-10-8-19-37(42)40-28-32-14-6-7-15-33(32)30-45(40)56/h3-26,29-31,40,51H,27-28H2,1-2H3. The van der Waals surface area contributed by atoms with Crippen LogP contribution < -0.4 is 4.90 Å². The number of aromatic nitrogens is 1. The Hall–Kier alpha value is -6.63. The second-order valence-corrected chi connectivity index (χ2v) is 16.8. The summed E-state index contributed by atoms with van der Waals surface area (Å²) in [5, 5.41) is 4.79. The van der Waals surface area contributed by atoms with Crippen molar-refractivity contribution in [3.8, 4) is 5.69 Å². The van der Waals surface area contributed by atoms with Crippen LogP contribution in [-0.2, 0) is 6.42 Å². The highest BCUT2D eigenvalue weighted by Crippen LogP contribution is 2.57. The number of hydrogen-bond acceptors (Lipinski definition) is 5. The number of rotatable bonds is 4. The second-order valence-electron chi connectivity index (χ2n) is 15.7. The van der Waals surface area contributed by atoms with E-state index in [0.29, 0.717) is 0 Å². The molecular formula is C51H39N5S. The molecule has 0 saturated heterocycles. The van der Waals surface area contributed by atoms with Crippen LogP contribution in [0.4, 0.5) is 10.7 Å². The molecule has 0 amide bonds. The summed E-state index contributed by atoms with van der Waals surface area (Å²) in [4.78, 5) is 13.1. The molecule has 1 aliphatic carbocycles. The summed E-state index contributed by atoms with van der Waals surface area (Å²) in [5.74, 6) is 1.26. The van der Waals surface area contributed by atoms with E-state index in [9.17, 15) is 0 Å². The number of allylic oxidation sites excluding steroid dienone is 3. The molecule has 0 N–H and O–H groups in total. The lowest BCUT2D eigenvalue weighted by molar-refractivity contribution is 0.371. The van der Waals surface area contributed by atoms with Gasteiger partial charge in [-0.1, -0.05) is 109 Å². The molecule has 12 rings (SSSR count). The molecule has 274 valence electrons. The molecule has 2 atom stereocenters. The summed E-state index contributed by atoms with van der Waals surface area (Å²) < 4.78 is 3.66. The molecule has 0 bridgehead atoms. The van der Waals surface area contributed by atoms with E-state index in [0.717, 1.165) is 35.1 Å². The van der Waals surface area contributed by atoms with Crippen molar-refractivity contribution in [3.63, 3.8) is 0 Å². The van der Waals surface area contributed by atoms with E-state index in [1.54, 1.807) is 0 Å². The molecular weight excluding hydrogens is 715 g/mol. The van der Waals surface area contributed by atoms with Crippen molar-refractivity contribution in [1.82, 2.24) is 14.4 Å². The zero-order chi connectivity index (χ0) is 37.8. The topological polar surface area (TPSA) is 27.0 Å². The first-order valence-electron chi connectivity index (χ1n) is 19.8. The summed E-state index contributed by atoms with van der Waals surface area (Å²) in [5.41, 5.74) is 15.1. The molecule has 5 heterocycles. The van der Waals surface area contributed by atoms with Crippen LogP contribution in [0.2, 0.25) is 0 Å². The Bertz CT molecular complexity index is 3090. The molecule has 0 saturated carbocycles. The summed E-state index contributed by atoms with van der Waals surface area (Å²) in [6, 6.07) is 51.3. The normalized spacial score (nSPS) is 18.4. The van der Waals surface area contributed by atoms with Crippen LogP contribution in [0.3, 0.4) is 0 Å². The monoisotopic (exact) mass is 753 g/mol. The van der Waals surface area contributed by atoms with Gasteiger partial charge in [-0.25, -0.2) is 4.99 Å². The largest absolute Gasteiger partial charge is 0.376 e. The third kappa shape index (κ3) is 4.83. The van der Waals surface area contributed by atoms with Crippen LogP contribution in [-0.4, -0.2) is 40.8 Å². The number of likely N-dealkylation sites (N-methyl/N-ethyl adjacent to an activating group) is 1. The highest BCUT2D eigenvalue weighted by atomic mass is 32.1. The number of nitrogens with zero attached hydrogens (tertiary/aromatic N) is 5. The summed E-state index contributed by atoms with van der Waals surface area (Å²) in [7, 11) is 4.41. The van der Waals surface area contributed by atoms with Crippen molar-refractivity contribution < 1.29 is 0 Å². The fourth-order valence-electron chi connectivity index (χ4n) is 9.93. The second kappa shape index (κ2) is 12.4. The number of thiophene rings is 1. The maximum Gasteiger partial charge on any atom is 0.139 e. The molecule has 0 radical (unpaired) electrons. The zero-order valence-corrected chi connectivity index (χ0v) is 32.6. The van der Waals surface area contributed by atoms with Gasteiger partial charge in [0, 0.05) is 81.8 Å². The SMILES string of the molecule is CN1C=C(c2ccc3sc4c(c3c2)C(N2C3=Cc5ccccc5CC3c3ccccc32)N(C)C(c2cccc3c2c2ccccc2n3-c2ccccc2)=N4)C=CC1. The van der Waals surface area contributed by atoms with Gasteiger partial charge in [0.15, 0.2) is 0 Å². The van der Waals surface area contributed by atoms with E-state index in [4.69, 9.17) is 4.99 Å². The minimum Gasteiger partial charge on any atom is -0.376 e. The van der Waals surface area contributed by atoms with Crippen LogP contribution in [0.15, 0.2) is 169 Å². The van der Waals surface area contributed by atoms with Gasteiger partial charge < -0.3 is 19.3 Å². The van der Waals surface area contributed by atoms with Gasteiger partial charge in [-0.3, -0.25) is 0 Å². The predicted molar refractivity (Wildman–Crippen MR) is 239 cm³/mol. The van der Waals surface area contributed by atoms with Crippen molar-refractivity contribution in [1.29, 1.82) is 0 Å². The number of benzene rings is 6. The summed E-state index contributed by atoms with van der Waals surface area (Å²) in [6.45, 7) is 0.925. The number of fused-ring (bicyclic) bond motifs is 10. The smallest absolute Gasteiger partial charge is 0.139 e. The number of anilines is 1. The quantitative estimate of drug-likeness (QED) is 0.179. The van der Waals surface area contributed by atoms with Crippen molar-refractivity contribution >= 4 is 71.4 Å². The first-order chi connectivity index (χ1) is 28.1. The molecule has 6 aromatic carbocycles. The average Bonchev–Trinajstić information content (AvgIpc) is 3.90. The number of hydrogen-bond donors (Lipinski definition) is 0. The fourth-order valence-corrected chi connectivity index (χ4v) is 11.0. The number of aliphatic imine (C=N–C) groups is 1. The molecule has 5 nitrogen and oxygen atoms in total. The van der Waals surface area contributed by atoms with Gasteiger partial charge >= 0.3 is 0 Å². The summed E-state index contributed by atoms with van der Waals surface area (Å²) >= 11 is 1.82. The summed E-state index contributed by atoms with van der Waals surface area (Å²) in [6.07, 6.45) is 10.1. The Balaban J connectivity index is 1.13. The van der Waals surface area contributed by atoms with E-state index >= 15 is 0 Å². The van der Waals surface area contributed by atoms with Crippen LogP contribution in [0.1, 0.15) is 45.5 Å². The Morgan fingerprint density at radius 1 is 0.737 bits per heavy atom. The Kier molecular flexibility index (Phi) is 7.11. The molecule has 4 aliphatic rings. The molecule has 3 aliphatic heterocycles. The fraction of sp³-hybridized carbons (Fsp3) is 0.118. The lowest BCUT2D eigenvalue weighted by atomic mass is 9.84. The lowest BCUT2D eigenvalue weighted by Gasteiger charge is -2.43. The van der Waals surface area contributed by atoms with Crippen LogP contribution in [0, 0.1) is 0 Å². The third-order valence-electron chi connectivity index (χ3n) is 12.4. The van der Waals surface area contributed by atoms with Gasteiger partial charge in [-0.2, -0.15) is 0 Å². The molecule has 0 fully saturated rings. The minimum atomic E-state index is -0.143. The van der Waals surface area contributed by atoms with E-state index in [2.05, 4.69) is 197 Å². The molecule has 2 aromatic heterocycles. The van der Waals surface area contributed by atoms with Crippen LogP contribution in [0.25, 0.3) is 49.2 Å². The van der Waals surface area contributed by atoms with Gasteiger partial charge in [0.25, 0.3) is 0 Å². The zero-order valence-electron chi connectivity index (χ0n) is 31.8. The highest BCUT2D eigenvalue weighted by molar-refractivity contribution is 7.22. The van der Waals surface area contributed by atoms with Crippen LogP contribution in [0.5, 0.6) is 0 Å². The minimum absolute atomic E-state index is 0.143. The van der Waals surface area contributed by atoms with E-state index in [1.165, 1.54) is 76.7 Å². The van der Waals surface area contributed by atoms with Gasteiger partial charge in [0.2, 0.25) is 0 Å². The molecule has 57 heavy (non-hydrogen) atoms. The first kappa shape index (κ1) is 32.6. The highest BCUT2D eigenvalue weighted by Gasteiger charge is 2.45. The molecule has 6 heteroatoms. The van der Waals surface area contributed by atoms with E-state index in [1.807, 2.05) is 11.3 Å². The predicted octanol–water partition coefficient (Wildman–Crippen LogP) is 12.1. The van der Waals surface area contributed by atoms with Gasteiger partial charge in [0.1, 0.15) is 17.0 Å². The van der Waals surface area contributed by atoms with E-state index < -0.39 is 0 Å². The third-order valence-corrected chi connectivity index (χ3v) is 13.5. The Labute approximate surface area is 336 Å². The Morgan fingerprint density at radius 3 is 2.46 bits per heavy atom. The average molecular weight is 754 g/mol. The molecule has 2 unspecified atom stereocenters. The van der Waals surface area contributed by atoms with Gasteiger partial charge in [-0.15, -0.1) is 11.3 Å². The van der Waals surface area contributed by atoms with Crippen molar-refractivity contribution in [2.24, 2.45) is 4.99 Å². The van der Waals surface area contributed by atoms with Gasteiger partial charge in [0.05, 0.1) is 11.0 Å². The van der Waals surface area contributed by atoms with Gasteiger partial charge in [-0.05, 0) is 82.8 Å². The maximum absolute atomic E-state index is 5.71. The number of amidine groups is 1. The molecule has 8 aromatic rings. The lowest BCUT2D eigenvalue weighted by Crippen LogP contribution is -2.43. The van der Waals surface area contributed by atoms with Crippen LogP contribution >= 0.6 is 11.3 Å². The molecule has 0 spiro atoms. The Morgan fingerprint density at radius 2 is 1.54 bits per heavy atom. The maximum atomic E-state index is 5.71. The van der Waals surface area contributed by atoms with E-state index in [-0.39, 0.29) is 12.1 Å². The number of para-hydroxylation sites is 3. The van der Waals surface area contributed by atoms with Crippen molar-refractivity contribution in [2.75, 3.05) is 25.5 Å².